The molecule has 0 radical (unpaired) electrons. The summed E-state index contributed by atoms with van der Waals surface area (Å²) in [6.07, 6.45) is 4.34. The largest absolute Gasteiger partial charge is 0.343 e. The highest BCUT2D eigenvalue weighted by molar-refractivity contribution is 5.80. The highest BCUT2D eigenvalue weighted by Gasteiger charge is 2.32. The summed E-state index contributed by atoms with van der Waals surface area (Å²) in [6, 6.07) is 0. The molecule has 2 aliphatic heterocycles. The highest BCUT2D eigenvalue weighted by atomic mass is 16.2. The molecule has 0 aliphatic carbocycles. The van der Waals surface area contributed by atoms with Gasteiger partial charge in [0.1, 0.15) is 0 Å². The van der Waals surface area contributed by atoms with Crippen molar-refractivity contribution >= 4 is 11.8 Å². The Morgan fingerprint density at radius 2 is 1.79 bits per heavy atom. The van der Waals surface area contributed by atoms with Gasteiger partial charge in [0, 0.05) is 56.7 Å². The summed E-state index contributed by atoms with van der Waals surface area (Å²) in [5.41, 5.74) is 2.41. The zero-order valence-corrected chi connectivity index (χ0v) is 15.2. The molecule has 0 atom stereocenters. The van der Waals surface area contributed by atoms with Crippen LogP contribution < -0.4 is 0 Å². The van der Waals surface area contributed by atoms with Crippen LogP contribution in [0, 0.1) is 5.92 Å². The molecule has 2 aliphatic rings. The maximum Gasteiger partial charge on any atom is 0.226 e. The Morgan fingerprint density at radius 1 is 1.12 bits per heavy atom. The van der Waals surface area contributed by atoms with Gasteiger partial charge in [-0.1, -0.05) is 0 Å². The molecule has 0 N–H and O–H groups in total. The van der Waals surface area contributed by atoms with Crippen molar-refractivity contribution in [1.82, 2.24) is 19.6 Å². The van der Waals surface area contributed by atoms with E-state index in [1.54, 1.807) is 6.92 Å². The number of likely N-dealkylation sites (tertiary alicyclic amines) is 1. The van der Waals surface area contributed by atoms with Gasteiger partial charge in [0.2, 0.25) is 11.8 Å². The molecule has 0 bridgehead atoms. The molecular weight excluding hydrogens is 304 g/mol. The maximum absolute atomic E-state index is 12.8. The predicted octanol–water partition coefficient (Wildman–Crippen LogP) is 1.78. The fraction of sp³-hybridized carbons (Fsp3) is 0.722. The van der Waals surface area contributed by atoms with Gasteiger partial charge in [-0.3, -0.25) is 14.3 Å². The number of aromatic nitrogens is 2. The lowest BCUT2D eigenvalue weighted by atomic mass is 9.94. The lowest BCUT2D eigenvalue weighted by Gasteiger charge is -2.35. The van der Waals surface area contributed by atoms with E-state index >= 15 is 0 Å². The summed E-state index contributed by atoms with van der Waals surface area (Å²) >= 11 is 0. The SMILES string of the molecule is CC(=O)N1CCC(C(=O)N2CCc3c(cnn3C(C)(C)C)C2)CC1. The van der Waals surface area contributed by atoms with Crippen LogP contribution in [0.4, 0.5) is 0 Å². The van der Waals surface area contributed by atoms with Crippen LogP contribution in [0.2, 0.25) is 0 Å². The summed E-state index contributed by atoms with van der Waals surface area (Å²) in [4.78, 5) is 28.1. The van der Waals surface area contributed by atoms with Crippen molar-refractivity contribution in [2.45, 2.75) is 59.0 Å². The number of carbonyl (C=O) groups is 2. The monoisotopic (exact) mass is 332 g/mol. The van der Waals surface area contributed by atoms with Crippen LogP contribution in [-0.2, 0) is 28.1 Å². The first-order valence-electron chi connectivity index (χ1n) is 8.88. The third-order valence-corrected chi connectivity index (χ3v) is 5.17. The lowest BCUT2D eigenvalue weighted by Crippen LogP contribution is -2.45. The minimum atomic E-state index is -0.0285. The number of hydrogen-bond donors (Lipinski definition) is 0. The first-order valence-corrected chi connectivity index (χ1v) is 8.88. The standard InChI is InChI=1S/C18H28N4O2/c1-13(23)20-8-5-14(6-9-20)17(24)21-10-7-16-15(12-21)11-19-22(16)18(2,3)4/h11,14H,5-10,12H2,1-4H3. The molecule has 3 rings (SSSR count). The molecule has 3 heterocycles. The number of nitrogens with zero attached hydrogens (tertiary/aromatic N) is 4. The van der Waals surface area contributed by atoms with E-state index in [2.05, 4.69) is 30.6 Å². The van der Waals surface area contributed by atoms with Crippen molar-refractivity contribution in [3.8, 4) is 0 Å². The highest BCUT2D eigenvalue weighted by Crippen LogP contribution is 2.27. The van der Waals surface area contributed by atoms with E-state index in [1.165, 1.54) is 11.3 Å². The van der Waals surface area contributed by atoms with Crippen LogP contribution in [0.1, 0.15) is 51.8 Å². The van der Waals surface area contributed by atoms with Crippen LogP contribution in [-0.4, -0.2) is 51.0 Å². The van der Waals surface area contributed by atoms with Crippen molar-refractivity contribution in [2.75, 3.05) is 19.6 Å². The Labute approximate surface area is 143 Å². The molecule has 132 valence electrons. The van der Waals surface area contributed by atoms with Gasteiger partial charge < -0.3 is 9.80 Å². The lowest BCUT2D eigenvalue weighted by molar-refractivity contribution is -0.140. The average Bonchev–Trinajstić information content (AvgIpc) is 2.97. The number of amides is 2. The Bertz CT molecular complexity index is 636. The minimum Gasteiger partial charge on any atom is -0.343 e. The third kappa shape index (κ3) is 3.19. The number of hydrogen-bond acceptors (Lipinski definition) is 3. The van der Waals surface area contributed by atoms with Gasteiger partial charge in [-0.15, -0.1) is 0 Å². The zero-order chi connectivity index (χ0) is 17.5. The smallest absolute Gasteiger partial charge is 0.226 e. The Morgan fingerprint density at radius 3 is 2.38 bits per heavy atom. The predicted molar refractivity (Wildman–Crippen MR) is 91.3 cm³/mol. The van der Waals surface area contributed by atoms with Crippen molar-refractivity contribution in [3.63, 3.8) is 0 Å². The summed E-state index contributed by atoms with van der Waals surface area (Å²) in [5, 5.41) is 4.54. The molecule has 6 nitrogen and oxygen atoms in total. The molecule has 0 saturated carbocycles. The number of piperidine rings is 1. The fourth-order valence-corrected chi connectivity index (χ4v) is 3.80. The van der Waals surface area contributed by atoms with Crippen LogP contribution in [0.3, 0.4) is 0 Å². The van der Waals surface area contributed by atoms with Crippen molar-refractivity contribution in [2.24, 2.45) is 5.92 Å². The van der Waals surface area contributed by atoms with E-state index in [-0.39, 0.29) is 23.3 Å². The maximum atomic E-state index is 12.8. The van der Waals surface area contributed by atoms with Crippen LogP contribution >= 0.6 is 0 Å². The van der Waals surface area contributed by atoms with Crippen molar-refractivity contribution in [3.05, 3.63) is 17.5 Å². The molecule has 1 fully saturated rings. The summed E-state index contributed by atoms with van der Waals surface area (Å²) in [6.45, 7) is 10.9. The van der Waals surface area contributed by atoms with Crippen molar-refractivity contribution < 1.29 is 9.59 Å². The quantitative estimate of drug-likeness (QED) is 0.788. The van der Waals surface area contributed by atoms with Gasteiger partial charge in [0.15, 0.2) is 0 Å². The molecule has 24 heavy (non-hydrogen) atoms. The number of carbonyl (C=O) groups excluding carboxylic acids is 2. The van der Waals surface area contributed by atoms with E-state index in [4.69, 9.17) is 0 Å². The molecule has 1 saturated heterocycles. The molecule has 0 spiro atoms. The normalized spacial score (nSPS) is 19.3. The summed E-state index contributed by atoms with van der Waals surface area (Å²) in [7, 11) is 0. The number of fused-ring (bicyclic) bond motifs is 1. The molecule has 1 aromatic heterocycles. The van der Waals surface area contributed by atoms with Crippen LogP contribution in [0.5, 0.6) is 0 Å². The Balaban J connectivity index is 1.65. The molecule has 0 unspecified atom stereocenters. The van der Waals surface area contributed by atoms with Gasteiger partial charge in [-0.05, 0) is 33.6 Å². The topological polar surface area (TPSA) is 58.4 Å². The van der Waals surface area contributed by atoms with Gasteiger partial charge in [0.05, 0.1) is 11.7 Å². The van der Waals surface area contributed by atoms with Gasteiger partial charge >= 0.3 is 0 Å². The molecule has 2 amide bonds. The van der Waals surface area contributed by atoms with Gasteiger partial charge in [-0.2, -0.15) is 5.10 Å². The molecule has 1 aromatic rings. The first kappa shape index (κ1) is 17.0. The Kier molecular flexibility index (Phi) is 4.40. The zero-order valence-electron chi connectivity index (χ0n) is 15.2. The average molecular weight is 332 g/mol. The fourth-order valence-electron chi connectivity index (χ4n) is 3.80. The molecule has 0 aromatic carbocycles. The Hall–Kier alpha value is -1.85. The first-order chi connectivity index (χ1) is 11.3. The van der Waals surface area contributed by atoms with Crippen LogP contribution in [0.15, 0.2) is 6.20 Å². The third-order valence-electron chi connectivity index (χ3n) is 5.17. The second kappa shape index (κ2) is 6.22. The summed E-state index contributed by atoms with van der Waals surface area (Å²) < 4.78 is 2.09. The van der Waals surface area contributed by atoms with Crippen LogP contribution in [0.25, 0.3) is 0 Å². The van der Waals surface area contributed by atoms with Gasteiger partial charge in [-0.25, -0.2) is 0 Å². The second-order valence-corrected chi connectivity index (χ2v) is 7.99. The van der Waals surface area contributed by atoms with E-state index < -0.39 is 0 Å². The summed E-state index contributed by atoms with van der Waals surface area (Å²) in [5.74, 6) is 0.408. The molecule has 6 heteroatoms. The second-order valence-electron chi connectivity index (χ2n) is 7.99. The van der Waals surface area contributed by atoms with E-state index in [1.807, 2.05) is 16.0 Å². The number of rotatable bonds is 1. The van der Waals surface area contributed by atoms with E-state index in [9.17, 15) is 9.59 Å². The molecular formula is C18H28N4O2. The van der Waals surface area contributed by atoms with E-state index in [0.29, 0.717) is 19.6 Å². The minimum absolute atomic E-state index is 0.0285. The van der Waals surface area contributed by atoms with E-state index in [0.717, 1.165) is 25.8 Å². The van der Waals surface area contributed by atoms with Gasteiger partial charge in [0.25, 0.3) is 0 Å². The van der Waals surface area contributed by atoms with Crippen molar-refractivity contribution in [1.29, 1.82) is 0 Å².